The number of hydrogen-bond donors (Lipinski definition) is 2. The van der Waals surface area contributed by atoms with Crippen molar-refractivity contribution in [1.29, 1.82) is 0 Å². The molecule has 0 atom stereocenters. The Morgan fingerprint density at radius 1 is 0.923 bits per heavy atom. The van der Waals surface area contributed by atoms with E-state index in [0.29, 0.717) is 24.1 Å². The van der Waals surface area contributed by atoms with Crippen LogP contribution in [0.5, 0.6) is 0 Å². The number of fused-ring (bicyclic) bond motifs is 1. The number of halogens is 3. The van der Waals surface area contributed by atoms with E-state index in [1.54, 1.807) is 0 Å². The van der Waals surface area contributed by atoms with E-state index in [0.717, 1.165) is 53.4 Å². The lowest BCUT2D eigenvalue weighted by atomic mass is 9.38. The number of aromatic nitrogens is 1. The molecule has 1 aromatic heterocycles. The van der Waals surface area contributed by atoms with E-state index in [2.05, 4.69) is 5.32 Å². The SMILES string of the molecule is O=C(O)CCC12CC(NC(=O)c3cc(-c4ccccc4)cc4ccn(Cc5ccc(C(F)(F)F)cc5)c34)(C1)C2. The molecule has 7 rings (SSSR count). The van der Waals surface area contributed by atoms with Gasteiger partial charge in [0.25, 0.3) is 5.91 Å². The van der Waals surface area contributed by atoms with Gasteiger partial charge in [-0.15, -0.1) is 0 Å². The first-order valence-corrected chi connectivity index (χ1v) is 12.9. The second-order valence-electron chi connectivity index (χ2n) is 11.1. The Hall–Kier alpha value is -4.07. The fraction of sp³-hybridized carbons (Fsp3) is 0.290. The molecule has 2 N–H and O–H groups in total. The number of nitrogens with zero attached hydrogens (tertiary/aromatic N) is 1. The van der Waals surface area contributed by atoms with Crippen LogP contribution in [0, 0.1) is 5.41 Å². The summed E-state index contributed by atoms with van der Waals surface area (Å²) < 4.78 is 41.0. The highest BCUT2D eigenvalue weighted by molar-refractivity contribution is 6.08. The van der Waals surface area contributed by atoms with Gasteiger partial charge in [-0.05, 0) is 78.1 Å². The summed E-state index contributed by atoms with van der Waals surface area (Å²) in [5, 5.41) is 13.1. The molecule has 2 bridgehead atoms. The van der Waals surface area contributed by atoms with Crippen LogP contribution in [-0.4, -0.2) is 27.1 Å². The van der Waals surface area contributed by atoms with Crippen LogP contribution in [0.3, 0.4) is 0 Å². The van der Waals surface area contributed by atoms with Crippen molar-refractivity contribution in [3.8, 4) is 11.1 Å². The minimum Gasteiger partial charge on any atom is -0.481 e. The number of rotatable bonds is 8. The maximum absolute atomic E-state index is 13.8. The Kier molecular flexibility index (Phi) is 5.82. The average molecular weight is 533 g/mol. The fourth-order valence-electron chi connectivity index (χ4n) is 6.52. The van der Waals surface area contributed by atoms with Crippen molar-refractivity contribution < 1.29 is 27.9 Å². The first kappa shape index (κ1) is 25.2. The fourth-order valence-corrected chi connectivity index (χ4v) is 6.52. The van der Waals surface area contributed by atoms with E-state index in [4.69, 9.17) is 5.11 Å². The number of carboxylic acids is 1. The normalized spacial score (nSPS) is 21.7. The molecule has 39 heavy (non-hydrogen) atoms. The van der Waals surface area contributed by atoms with Gasteiger partial charge in [-0.25, -0.2) is 0 Å². The molecule has 1 amide bonds. The van der Waals surface area contributed by atoms with Crippen molar-refractivity contribution in [1.82, 2.24) is 9.88 Å². The zero-order chi connectivity index (χ0) is 27.4. The van der Waals surface area contributed by atoms with Crippen molar-refractivity contribution in [2.45, 2.75) is 50.4 Å². The molecular weight excluding hydrogens is 505 g/mol. The molecule has 8 heteroatoms. The molecule has 1 heterocycles. The molecule has 3 aliphatic rings. The first-order valence-electron chi connectivity index (χ1n) is 12.9. The molecule has 0 radical (unpaired) electrons. The van der Waals surface area contributed by atoms with Crippen LogP contribution in [0.2, 0.25) is 0 Å². The van der Waals surface area contributed by atoms with E-state index in [9.17, 15) is 22.8 Å². The molecule has 0 spiro atoms. The van der Waals surface area contributed by atoms with Crippen LogP contribution < -0.4 is 5.32 Å². The zero-order valence-electron chi connectivity index (χ0n) is 21.1. The number of benzene rings is 3. The zero-order valence-corrected chi connectivity index (χ0v) is 21.1. The summed E-state index contributed by atoms with van der Waals surface area (Å²) in [6, 6.07) is 20.7. The Morgan fingerprint density at radius 2 is 1.62 bits per heavy atom. The minimum atomic E-state index is -4.40. The van der Waals surface area contributed by atoms with Crippen molar-refractivity contribution in [3.63, 3.8) is 0 Å². The number of alkyl halides is 3. The number of hydrogen-bond acceptors (Lipinski definition) is 2. The molecule has 3 aromatic carbocycles. The lowest BCUT2D eigenvalue weighted by Crippen LogP contribution is -2.74. The summed E-state index contributed by atoms with van der Waals surface area (Å²) in [5.74, 6) is -0.997. The predicted molar refractivity (Wildman–Crippen MR) is 141 cm³/mol. The van der Waals surface area contributed by atoms with E-state index in [-0.39, 0.29) is 23.3 Å². The van der Waals surface area contributed by atoms with Crippen molar-refractivity contribution in [2.75, 3.05) is 0 Å². The molecule has 0 saturated heterocycles. The van der Waals surface area contributed by atoms with E-state index in [1.165, 1.54) is 12.1 Å². The van der Waals surface area contributed by atoms with Gasteiger partial charge in [-0.2, -0.15) is 13.2 Å². The lowest BCUT2D eigenvalue weighted by Gasteiger charge is -2.71. The summed E-state index contributed by atoms with van der Waals surface area (Å²) in [4.78, 5) is 24.8. The van der Waals surface area contributed by atoms with Crippen LogP contribution in [0.25, 0.3) is 22.0 Å². The predicted octanol–water partition coefficient (Wildman–Crippen LogP) is 6.89. The summed E-state index contributed by atoms with van der Waals surface area (Å²) in [6.07, 6.45) is 0.583. The third-order valence-corrected chi connectivity index (χ3v) is 8.23. The number of carbonyl (C=O) groups excluding carboxylic acids is 1. The van der Waals surface area contributed by atoms with Crippen molar-refractivity contribution in [2.24, 2.45) is 5.41 Å². The van der Waals surface area contributed by atoms with Gasteiger partial charge in [0.2, 0.25) is 0 Å². The van der Waals surface area contributed by atoms with Crippen molar-refractivity contribution >= 4 is 22.8 Å². The Morgan fingerprint density at radius 3 is 2.26 bits per heavy atom. The second kappa shape index (κ2) is 9.00. The lowest BCUT2D eigenvalue weighted by molar-refractivity contribution is -0.161. The highest BCUT2D eigenvalue weighted by atomic mass is 19.4. The molecule has 3 fully saturated rings. The third kappa shape index (κ3) is 4.68. The van der Waals surface area contributed by atoms with Crippen LogP contribution >= 0.6 is 0 Å². The van der Waals surface area contributed by atoms with Crippen LogP contribution in [0.1, 0.15) is 53.6 Å². The van der Waals surface area contributed by atoms with E-state index < -0.39 is 17.7 Å². The maximum atomic E-state index is 13.8. The standard InChI is InChI=1S/C31H27F3N2O3/c32-31(33,34)24-8-6-20(7-9-24)16-36-13-11-22-14-23(21-4-2-1-3-5-21)15-25(27(22)36)28(39)35-30-17-29(18-30,19-30)12-10-26(37)38/h1-9,11,13-15H,10,12,16-19H2,(H,35,39)(H,37,38). The summed E-state index contributed by atoms with van der Waals surface area (Å²) in [6.45, 7) is 0.316. The van der Waals surface area contributed by atoms with Gasteiger partial charge in [-0.1, -0.05) is 42.5 Å². The highest BCUT2D eigenvalue weighted by Crippen LogP contribution is 2.69. The summed E-state index contributed by atoms with van der Waals surface area (Å²) >= 11 is 0. The molecule has 3 aliphatic carbocycles. The molecule has 200 valence electrons. The summed E-state index contributed by atoms with van der Waals surface area (Å²) in [5.41, 5.74) is 2.82. The smallest absolute Gasteiger partial charge is 0.416 e. The van der Waals surface area contributed by atoms with Gasteiger partial charge >= 0.3 is 12.1 Å². The van der Waals surface area contributed by atoms with Crippen molar-refractivity contribution in [3.05, 3.63) is 95.7 Å². The molecule has 0 unspecified atom stereocenters. The van der Waals surface area contributed by atoms with E-state index in [1.807, 2.05) is 59.3 Å². The van der Waals surface area contributed by atoms with Crippen LogP contribution in [0.4, 0.5) is 13.2 Å². The van der Waals surface area contributed by atoms with Crippen LogP contribution in [0.15, 0.2) is 79.0 Å². The molecule has 0 aliphatic heterocycles. The quantitative estimate of drug-likeness (QED) is 0.260. The number of nitrogens with one attached hydrogen (secondary N) is 1. The highest BCUT2D eigenvalue weighted by Gasteiger charge is 2.67. The monoisotopic (exact) mass is 532 g/mol. The van der Waals surface area contributed by atoms with Gasteiger partial charge in [0.15, 0.2) is 0 Å². The molecule has 4 aromatic rings. The average Bonchev–Trinajstić information content (AvgIpc) is 3.26. The number of aliphatic carboxylic acids is 1. The third-order valence-electron chi connectivity index (χ3n) is 8.23. The van der Waals surface area contributed by atoms with Gasteiger partial charge in [0, 0.05) is 30.1 Å². The first-order chi connectivity index (χ1) is 18.5. The number of carbonyl (C=O) groups is 2. The topological polar surface area (TPSA) is 71.3 Å². The molecule has 3 saturated carbocycles. The van der Waals surface area contributed by atoms with E-state index >= 15 is 0 Å². The number of carboxylic acid groups (broad SMARTS) is 1. The Bertz CT molecular complexity index is 1550. The maximum Gasteiger partial charge on any atom is 0.416 e. The van der Waals surface area contributed by atoms with Gasteiger partial charge in [0.1, 0.15) is 0 Å². The van der Waals surface area contributed by atoms with Gasteiger partial charge < -0.3 is 15.0 Å². The van der Waals surface area contributed by atoms with Gasteiger partial charge in [0.05, 0.1) is 16.6 Å². The Balaban J connectivity index is 1.31. The number of amides is 1. The second-order valence-corrected chi connectivity index (χ2v) is 11.1. The largest absolute Gasteiger partial charge is 0.481 e. The van der Waals surface area contributed by atoms with Crippen LogP contribution in [-0.2, 0) is 17.5 Å². The Labute approximate surface area is 223 Å². The summed E-state index contributed by atoms with van der Waals surface area (Å²) in [7, 11) is 0. The minimum absolute atomic E-state index is 0.0235. The molecular formula is C31H27F3N2O3. The van der Waals surface area contributed by atoms with Gasteiger partial charge in [-0.3, -0.25) is 9.59 Å². The molecule has 5 nitrogen and oxygen atoms in total.